The molecule has 88 heavy (non-hydrogen) atoms. The number of carboxylic acid groups (broad SMARTS) is 2. The van der Waals surface area contributed by atoms with Crippen molar-refractivity contribution in [1.82, 2.24) is 9.80 Å². The van der Waals surface area contributed by atoms with Crippen LogP contribution in [0, 0.1) is 0 Å². The minimum absolute atomic E-state index is 0.0931. The summed E-state index contributed by atoms with van der Waals surface area (Å²) in [6.45, 7) is 20.6. The number of esters is 2. The largest absolute Gasteiger partial charge is 0.481 e. The van der Waals surface area contributed by atoms with Gasteiger partial charge in [0.25, 0.3) is 0 Å². The van der Waals surface area contributed by atoms with E-state index in [2.05, 4.69) is 45.1 Å². The van der Waals surface area contributed by atoms with Crippen LogP contribution in [-0.4, -0.2) is 105 Å². The van der Waals surface area contributed by atoms with E-state index < -0.39 is 23.1 Å². The van der Waals surface area contributed by atoms with Crippen molar-refractivity contribution in [2.24, 2.45) is 0 Å². The predicted octanol–water partition coefficient (Wildman–Crippen LogP) is 18.2. The second-order valence-electron chi connectivity index (χ2n) is 24.8. The molecular formula is C73H120N2O13. The zero-order valence-corrected chi connectivity index (χ0v) is 56.3. The molecule has 0 aliphatic rings. The normalized spacial score (nSPS) is 11.4. The minimum Gasteiger partial charge on any atom is -0.481 e. The average Bonchev–Trinajstić information content (AvgIpc) is 2.88. The van der Waals surface area contributed by atoms with Gasteiger partial charge in [-0.2, -0.15) is 0 Å². The van der Waals surface area contributed by atoms with Gasteiger partial charge in [-0.3, -0.25) is 19.2 Å². The van der Waals surface area contributed by atoms with E-state index in [0.717, 1.165) is 99.3 Å². The lowest BCUT2D eigenvalue weighted by molar-refractivity contribution is -0.143. The number of aliphatic hydroxyl groups excluding tert-OH is 1. The van der Waals surface area contributed by atoms with Gasteiger partial charge < -0.3 is 44.1 Å². The van der Waals surface area contributed by atoms with Crippen molar-refractivity contribution in [3.63, 3.8) is 0 Å². The van der Waals surface area contributed by atoms with Crippen LogP contribution in [0.5, 0.6) is 0 Å². The lowest BCUT2D eigenvalue weighted by Crippen LogP contribution is -2.37. The first-order chi connectivity index (χ1) is 42.1. The van der Waals surface area contributed by atoms with Crippen molar-refractivity contribution in [2.45, 2.75) is 286 Å². The topological polar surface area (TPSA) is 207 Å². The molecule has 500 valence electrons. The molecule has 0 unspecified atom stereocenters. The van der Waals surface area contributed by atoms with Crippen LogP contribution in [0.3, 0.4) is 0 Å². The second kappa shape index (κ2) is 54.0. The van der Waals surface area contributed by atoms with Gasteiger partial charge in [-0.1, -0.05) is 202 Å². The van der Waals surface area contributed by atoms with Crippen molar-refractivity contribution < 1.29 is 63.0 Å². The van der Waals surface area contributed by atoms with E-state index in [4.69, 9.17) is 34.3 Å². The molecule has 0 aliphatic heterocycles. The third-order valence-corrected chi connectivity index (χ3v) is 13.9. The van der Waals surface area contributed by atoms with Gasteiger partial charge >= 0.3 is 36.1 Å². The van der Waals surface area contributed by atoms with Crippen LogP contribution >= 0.6 is 0 Å². The number of nitrogens with zero attached hydrogens (tertiary/aromatic N) is 2. The Labute approximate surface area is 532 Å². The van der Waals surface area contributed by atoms with Crippen LogP contribution in [0.2, 0.25) is 0 Å². The first-order valence-corrected chi connectivity index (χ1v) is 33.5. The molecule has 15 nitrogen and oxygen atoms in total. The van der Waals surface area contributed by atoms with Gasteiger partial charge in [0.05, 0.1) is 6.61 Å². The Morgan fingerprint density at radius 3 is 1.26 bits per heavy atom. The van der Waals surface area contributed by atoms with Gasteiger partial charge in [-0.15, -0.1) is 0 Å². The summed E-state index contributed by atoms with van der Waals surface area (Å²) in [4.78, 5) is 74.7. The van der Waals surface area contributed by atoms with Crippen LogP contribution in [0.15, 0.2) is 85.0 Å². The summed E-state index contributed by atoms with van der Waals surface area (Å²) < 4.78 is 21.9. The number of benzene rings is 2. The third-order valence-electron chi connectivity index (χ3n) is 13.9. The predicted molar refractivity (Wildman–Crippen MR) is 356 cm³/mol. The molecule has 0 atom stereocenters. The maximum absolute atomic E-state index is 13.1. The van der Waals surface area contributed by atoms with E-state index in [9.17, 15) is 28.8 Å². The van der Waals surface area contributed by atoms with Gasteiger partial charge in [0.15, 0.2) is 0 Å². The number of unbranched alkanes of at least 4 members (excludes halogenated alkanes) is 20. The van der Waals surface area contributed by atoms with Gasteiger partial charge in [0.2, 0.25) is 0 Å². The van der Waals surface area contributed by atoms with Crippen LogP contribution in [0.1, 0.15) is 271 Å². The minimum atomic E-state index is -0.821. The average molecular weight is 1230 g/mol. The Balaban J connectivity index is 0.00000159. The molecule has 0 radical (unpaired) electrons. The highest BCUT2D eigenvalue weighted by atomic mass is 16.6. The lowest BCUT2D eigenvalue weighted by atomic mass is 10.1. The molecule has 0 spiro atoms. The fourth-order valence-corrected chi connectivity index (χ4v) is 9.03. The van der Waals surface area contributed by atoms with Gasteiger partial charge in [0, 0.05) is 51.9 Å². The molecule has 3 N–H and O–H groups in total. The van der Waals surface area contributed by atoms with Crippen LogP contribution in [-0.2, 0) is 64.1 Å². The zero-order chi connectivity index (χ0) is 65.5. The van der Waals surface area contributed by atoms with E-state index in [0.29, 0.717) is 71.5 Å². The van der Waals surface area contributed by atoms with Crippen LogP contribution < -0.4 is 0 Å². The third kappa shape index (κ3) is 53.1. The van der Waals surface area contributed by atoms with Gasteiger partial charge in [-0.25, -0.2) is 9.59 Å². The number of rotatable bonds is 46. The highest BCUT2D eigenvalue weighted by Crippen LogP contribution is 2.19. The summed E-state index contributed by atoms with van der Waals surface area (Å²) in [6.07, 6.45) is 40.5. The number of hydrogen-bond acceptors (Lipinski definition) is 11. The molecule has 15 heteroatoms. The number of aliphatic carboxylic acids is 2. The first-order valence-electron chi connectivity index (χ1n) is 33.5. The summed E-state index contributed by atoms with van der Waals surface area (Å²) in [7, 11) is 0. The molecule has 2 amide bonds. The van der Waals surface area contributed by atoms with E-state index >= 15 is 0 Å². The van der Waals surface area contributed by atoms with E-state index in [1.165, 1.54) is 77.0 Å². The number of aryl methyl sites for hydroxylation is 2. The summed E-state index contributed by atoms with van der Waals surface area (Å²) in [5.41, 5.74) is 2.79. The maximum atomic E-state index is 13.1. The van der Waals surface area contributed by atoms with Crippen molar-refractivity contribution in [3.05, 3.63) is 107 Å². The van der Waals surface area contributed by atoms with Crippen molar-refractivity contribution in [3.8, 4) is 0 Å². The highest BCUT2D eigenvalue weighted by Gasteiger charge is 2.24. The van der Waals surface area contributed by atoms with E-state index in [-0.39, 0.29) is 43.6 Å². The first kappa shape index (κ1) is 82.0. The van der Waals surface area contributed by atoms with Crippen molar-refractivity contribution >= 4 is 36.1 Å². The highest BCUT2D eigenvalue weighted by molar-refractivity contribution is 5.70. The number of hydrogen-bond donors (Lipinski definition) is 3. The van der Waals surface area contributed by atoms with Crippen LogP contribution in [0.4, 0.5) is 9.59 Å². The Kier molecular flexibility index (Phi) is 50.4. The number of carbonyl (C=O) groups is 6. The number of carbonyl (C=O) groups excluding carboxylic acids is 4. The van der Waals surface area contributed by atoms with Gasteiger partial charge in [0.1, 0.15) is 24.4 Å². The smallest absolute Gasteiger partial charge is 0.410 e. The van der Waals surface area contributed by atoms with Crippen LogP contribution in [0.25, 0.3) is 0 Å². The summed E-state index contributed by atoms with van der Waals surface area (Å²) in [5.74, 6) is -1.93. The number of allylic oxidation sites excluding steroid dienone is 3. The SMILES string of the molecule is CC(C)(C)OC(=O)N(CCCCCCCC(=O)O)Cc1ccc(CCC(=O)O)cc1.CCCCCC/C=C\CO.CCCCCC/C=C\COC(=O)CCCCCCCN(Cc1cccc(CCC(=O)OC/C=C\CCCCCC)c1)C(=O)OC(C)(C)C. The molecule has 2 aromatic carbocycles. The van der Waals surface area contributed by atoms with E-state index in [1.54, 1.807) is 9.80 Å². The molecule has 0 bridgehead atoms. The van der Waals surface area contributed by atoms with E-state index in [1.807, 2.05) is 102 Å². The number of ether oxygens (including phenoxy) is 4. The molecule has 2 aromatic rings. The molecule has 0 saturated carbocycles. The Bertz CT molecular complexity index is 2210. The van der Waals surface area contributed by atoms with Crippen molar-refractivity contribution in [2.75, 3.05) is 32.9 Å². The van der Waals surface area contributed by atoms with Crippen molar-refractivity contribution in [1.29, 1.82) is 0 Å². The molecule has 0 saturated heterocycles. The molecule has 0 heterocycles. The zero-order valence-electron chi connectivity index (χ0n) is 56.3. The quantitative estimate of drug-likeness (QED) is 0.0244. The summed E-state index contributed by atoms with van der Waals surface area (Å²) in [5, 5.41) is 25.8. The molecule has 0 aliphatic carbocycles. The molecule has 2 rings (SSSR count). The maximum Gasteiger partial charge on any atom is 0.410 e. The Morgan fingerprint density at radius 1 is 0.420 bits per heavy atom. The van der Waals surface area contributed by atoms with Gasteiger partial charge in [-0.05, 0) is 141 Å². The number of carboxylic acids is 2. The number of aliphatic hydroxyl groups is 1. The lowest BCUT2D eigenvalue weighted by Gasteiger charge is -2.27. The Morgan fingerprint density at radius 2 is 0.807 bits per heavy atom. The standard InChI is InChI=1S/C41H67NO6.C23H35NO6.C9H18O/c1-6-8-10-12-14-19-23-32-46-38(43)28-21-17-16-18-22-31-42(40(45)48-41(3,4)5)35-37-27-25-26-36(34-37)29-30-39(44)47-33-24-20-15-13-11-9-7-2;1-23(2,3)30-22(29)24(16-8-6-4-5-7-9-20(25)26)17-19-12-10-18(11-13-19)14-15-21(27)28;1-2-3-4-5-6-7-8-9-10/h19-20,23-27,34H,6-18,21-22,28-33,35H2,1-5H3;10-13H,4-9,14-17H2,1-3H3,(H,25,26)(H,27,28);7-8,10H,2-6,9H2,1H3/b23-19-,24-20-;;8-7-. The monoisotopic (exact) mass is 1230 g/mol. The molecular weight excluding hydrogens is 1110 g/mol. The molecule has 0 fully saturated rings. The summed E-state index contributed by atoms with van der Waals surface area (Å²) >= 11 is 0. The molecule has 0 aromatic heterocycles. The summed E-state index contributed by atoms with van der Waals surface area (Å²) in [6, 6.07) is 15.7. The fraction of sp³-hybridized carbons (Fsp3) is 0.671. The number of amides is 2. The Hall–Kier alpha value is -5.96. The second-order valence-corrected chi connectivity index (χ2v) is 24.8. The fourth-order valence-electron chi connectivity index (χ4n) is 9.03.